The number of benzene rings is 1. The van der Waals surface area contributed by atoms with Crippen molar-refractivity contribution >= 4 is 23.7 Å². The van der Waals surface area contributed by atoms with Gasteiger partial charge in [0.25, 0.3) is 0 Å². The number of esters is 2. The van der Waals surface area contributed by atoms with Crippen molar-refractivity contribution in [2.24, 2.45) is 35.5 Å². The monoisotopic (exact) mass is 468 g/mol. The molecule has 0 N–H and O–H groups in total. The van der Waals surface area contributed by atoms with E-state index in [1.165, 1.54) is 18.4 Å². The number of fused-ring (bicyclic) bond motifs is 4. The van der Waals surface area contributed by atoms with Crippen molar-refractivity contribution in [3.8, 4) is 0 Å². The molecule has 5 rings (SSSR count). The van der Waals surface area contributed by atoms with Gasteiger partial charge >= 0.3 is 11.9 Å². The highest BCUT2D eigenvalue weighted by Crippen LogP contribution is 2.48. The largest absolute Gasteiger partial charge is 0.461 e. The molecule has 5 heteroatoms. The minimum absolute atomic E-state index is 0.0214. The van der Waals surface area contributed by atoms with Gasteiger partial charge in [-0.05, 0) is 79.9 Å². The van der Waals surface area contributed by atoms with Crippen molar-refractivity contribution in [1.82, 2.24) is 0 Å². The average Bonchev–Trinajstić information content (AvgIpc) is 3.64. The molecule has 0 spiro atoms. The highest BCUT2D eigenvalue weighted by Gasteiger charge is 2.44. The molecule has 3 fully saturated rings. The Morgan fingerprint density at radius 2 is 1.85 bits per heavy atom. The van der Waals surface area contributed by atoms with Crippen LogP contribution in [0.25, 0.3) is 0 Å². The van der Waals surface area contributed by atoms with Gasteiger partial charge in [0.2, 0.25) is 0 Å². The number of allylic oxidation sites excluding steroid dienone is 2. The summed E-state index contributed by atoms with van der Waals surface area (Å²) in [4.78, 5) is 25.7. The first-order valence-corrected chi connectivity index (χ1v) is 14.0. The Kier molecular flexibility index (Phi) is 7.44. The summed E-state index contributed by atoms with van der Waals surface area (Å²) in [5.41, 5.74) is 1.35. The minimum Gasteiger partial charge on any atom is -0.461 e. The van der Waals surface area contributed by atoms with Gasteiger partial charge in [0.1, 0.15) is 12.7 Å². The number of ether oxygens (including phenoxy) is 2. The first-order chi connectivity index (χ1) is 16.2. The second-order valence-electron chi connectivity index (χ2n) is 10.5. The summed E-state index contributed by atoms with van der Waals surface area (Å²) in [6.45, 7) is 0.195. The van der Waals surface area contributed by atoms with E-state index in [1.807, 2.05) is 6.07 Å². The molecule has 1 aromatic rings. The lowest BCUT2D eigenvalue weighted by atomic mass is 9.89. The van der Waals surface area contributed by atoms with Crippen molar-refractivity contribution in [3.05, 3.63) is 48.0 Å². The van der Waals surface area contributed by atoms with Crippen LogP contribution in [0.5, 0.6) is 0 Å². The maximum absolute atomic E-state index is 12.9. The lowest BCUT2D eigenvalue weighted by molar-refractivity contribution is -0.164. The van der Waals surface area contributed by atoms with Gasteiger partial charge in [-0.25, -0.2) is 0 Å². The van der Waals surface area contributed by atoms with Gasteiger partial charge in [-0.3, -0.25) is 9.59 Å². The van der Waals surface area contributed by atoms with Gasteiger partial charge in [0.05, 0.1) is 11.8 Å². The molecule has 4 aliphatic rings. The van der Waals surface area contributed by atoms with Crippen LogP contribution >= 0.6 is 11.8 Å². The third kappa shape index (κ3) is 5.67. The molecule has 4 bridgehead atoms. The lowest BCUT2D eigenvalue weighted by Crippen LogP contribution is -2.33. The fourth-order valence-electron chi connectivity index (χ4n) is 6.47. The summed E-state index contributed by atoms with van der Waals surface area (Å²) in [6.07, 6.45) is 12.8. The molecule has 178 valence electrons. The van der Waals surface area contributed by atoms with Gasteiger partial charge in [-0.15, -0.1) is 0 Å². The predicted octanol–water partition coefficient (Wildman–Crippen LogP) is 5.46. The van der Waals surface area contributed by atoms with Crippen LogP contribution in [-0.2, 0) is 25.5 Å². The summed E-state index contributed by atoms with van der Waals surface area (Å²) < 4.78 is 11.7. The molecule has 1 aromatic carbocycles. The van der Waals surface area contributed by atoms with Gasteiger partial charge in [-0.2, -0.15) is 11.8 Å². The number of aryl methyl sites for hydroxylation is 1. The minimum atomic E-state index is -0.357. The Morgan fingerprint density at radius 1 is 0.970 bits per heavy atom. The highest BCUT2D eigenvalue weighted by molar-refractivity contribution is 7.99. The van der Waals surface area contributed by atoms with Gasteiger partial charge in [0.15, 0.2) is 0 Å². The quantitative estimate of drug-likeness (QED) is 0.245. The van der Waals surface area contributed by atoms with E-state index < -0.39 is 0 Å². The lowest BCUT2D eigenvalue weighted by Gasteiger charge is -2.24. The van der Waals surface area contributed by atoms with E-state index in [-0.39, 0.29) is 36.5 Å². The highest BCUT2D eigenvalue weighted by atomic mass is 32.2. The summed E-state index contributed by atoms with van der Waals surface area (Å²) >= 11 is 1.79. The third-order valence-corrected chi connectivity index (χ3v) is 9.40. The maximum Gasteiger partial charge on any atom is 0.309 e. The van der Waals surface area contributed by atoms with Crippen LogP contribution < -0.4 is 0 Å². The van der Waals surface area contributed by atoms with Crippen LogP contribution in [0.4, 0.5) is 0 Å². The zero-order valence-electron chi connectivity index (χ0n) is 19.4. The SMILES string of the molecule is O=C(OC(COC(=O)C1CC2CCC1C2)CSCCCc1ccccc1)C1CC2C=CC1C2. The van der Waals surface area contributed by atoms with Crippen LogP contribution in [0.2, 0.25) is 0 Å². The van der Waals surface area contributed by atoms with Crippen LogP contribution in [0.15, 0.2) is 42.5 Å². The van der Waals surface area contributed by atoms with Gasteiger partial charge in [0, 0.05) is 5.75 Å². The number of hydrogen-bond acceptors (Lipinski definition) is 5. The molecule has 7 unspecified atom stereocenters. The van der Waals surface area contributed by atoms with Gasteiger partial charge in [-0.1, -0.05) is 48.9 Å². The third-order valence-electron chi connectivity index (χ3n) is 8.22. The maximum atomic E-state index is 12.9. The Hall–Kier alpha value is -1.75. The Morgan fingerprint density at radius 3 is 2.55 bits per heavy atom. The standard InChI is InChI=1S/C28H36O4S/c29-27(25-15-20-8-10-22(25)13-20)31-17-24(18-33-12-4-7-19-5-2-1-3-6-19)32-28(30)26-16-21-9-11-23(26)14-21/h1-3,5-6,9,11,20-26H,4,7-8,10,12-18H2. The second kappa shape index (κ2) is 10.7. The van der Waals surface area contributed by atoms with Gasteiger partial charge < -0.3 is 9.47 Å². The number of carbonyl (C=O) groups is 2. The first-order valence-electron chi connectivity index (χ1n) is 12.8. The van der Waals surface area contributed by atoms with E-state index in [0.29, 0.717) is 29.4 Å². The molecule has 33 heavy (non-hydrogen) atoms. The Bertz CT molecular complexity index is 853. The van der Waals surface area contributed by atoms with Crippen LogP contribution in [-0.4, -0.2) is 36.2 Å². The second-order valence-corrected chi connectivity index (χ2v) is 11.7. The zero-order chi connectivity index (χ0) is 22.6. The molecule has 0 aliphatic heterocycles. The summed E-state index contributed by atoms with van der Waals surface area (Å²) in [7, 11) is 0. The van der Waals surface area contributed by atoms with Crippen molar-refractivity contribution < 1.29 is 19.1 Å². The van der Waals surface area contributed by atoms with E-state index in [0.717, 1.165) is 44.3 Å². The Balaban J connectivity index is 1.10. The molecule has 4 aliphatic carbocycles. The van der Waals surface area contributed by atoms with Crippen molar-refractivity contribution in [2.75, 3.05) is 18.1 Å². The molecule has 0 aromatic heterocycles. The predicted molar refractivity (Wildman–Crippen MR) is 131 cm³/mol. The topological polar surface area (TPSA) is 52.6 Å². The van der Waals surface area contributed by atoms with Crippen LogP contribution in [0.1, 0.15) is 50.5 Å². The smallest absolute Gasteiger partial charge is 0.309 e. The number of rotatable bonds is 11. The van der Waals surface area contributed by atoms with E-state index in [2.05, 4.69) is 36.4 Å². The molecule has 0 heterocycles. The molecule has 4 nitrogen and oxygen atoms in total. The van der Waals surface area contributed by atoms with E-state index in [9.17, 15) is 9.59 Å². The summed E-state index contributed by atoms with van der Waals surface area (Å²) in [5, 5.41) is 0. The number of thioether (sulfide) groups is 1. The van der Waals surface area contributed by atoms with Crippen LogP contribution in [0.3, 0.4) is 0 Å². The molecular formula is C28H36O4S. The van der Waals surface area contributed by atoms with Crippen molar-refractivity contribution in [3.63, 3.8) is 0 Å². The molecule has 7 atom stereocenters. The normalized spacial score (nSPS) is 32.2. The average molecular weight is 469 g/mol. The molecular weight excluding hydrogens is 432 g/mol. The van der Waals surface area contributed by atoms with E-state index in [4.69, 9.17) is 9.47 Å². The number of carbonyl (C=O) groups excluding carboxylic acids is 2. The summed E-state index contributed by atoms with van der Waals surface area (Å²) in [6, 6.07) is 10.5. The Labute approximate surface area is 201 Å². The molecule has 0 amide bonds. The fourth-order valence-corrected chi connectivity index (χ4v) is 7.42. The first kappa shape index (κ1) is 23.0. The number of hydrogen-bond donors (Lipinski definition) is 0. The van der Waals surface area contributed by atoms with Crippen molar-refractivity contribution in [2.45, 2.75) is 57.5 Å². The molecule has 0 radical (unpaired) electrons. The zero-order valence-corrected chi connectivity index (χ0v) is 20.2. The molecule has 3 saturated carbocycles. The van der Waals surface area contributed by atoms with E-state index >= 15 is 0 Å². The molecule has 0 saturated heterocycles. The van der Waals surface area contributed by atoms with Crippen LogP contribution in [0, 0.1) is 35.5 Å². The fraction of sp³-hybridized carbons (Fsp3) is 0.643. The van der Waals surface area contributed by atoms with Crippen molar-refractivity contribution in [1.29, 1.82) is 0 Å². The summed E-state index contributed by atoms with van der Waals surface area (Å²) in [5.74, 6) is 3.65. The van der Waals surface area contributed by atoms with E-state index in [1.54, 1.807) is 11.8 Å².